The molecule has 0 bridgehead atoms. The van der Waals surface area contributed by atoms with Crippen LogP contribution in [0.3, 0.4) is 0 Å². The van der Waals surface area contributed by atoms with Crippen molar-refractivity contribution < 1.29 is 31.4 Å². The van der Waals surface area contributed by atoms with Crippen molar-refractivity contribution >= 4 is 10.9 Å². The smallest absolute Gasteiger partial charge is 0.369 e. The van der Waals surface area contributed by atoms with Gasteiger partial charge in [-0.05, 0) is 29.7 Å². The molecule has 10 heteroatoms. The van der Waals surface area contributed by atoms with Gasteiger partial charge in [0.25, 0.3) is 11.2 Å². The van der Waals surface area contributed by atoms with E-state index < -0.39 is 29.1 Å². The summed E-state index contributed by atoms with van der Waals surface area (Å²) in [4.78, 5) is 17.7. The van der Waals surface area contributed by atoms with Gasteiger partial charge in [0.15, 0.2) is 0 Å². The highest BCUT2D eigenvalue weighted by Crippen LogP contribution is 2.50. The minimum absolute atomic E-state index is 0.0305. The molecule has 1 N–H and O–H groups in total. The molecule has 0 saturated heterocycles. The maximum atomic E-state index is 13.2. The molecule has 4 nitrogen and oxygen atoms in total. The zero-order chi connectivity index (χ0) is 24.1. The zero-order valence-corrected chi connectivity index (χ0v) is 17.3. The minimum atomic E-state index is -5.99. The molecule has 3 aromatic rings. The van der Waals surface area contributed by atoms with E-state index in [4.69, 9.17) is 0 Å². The van der Waals surface area contributed by atoms with E-state index in [2.05, 4.69) is 4.98 Å². The van der Waals surface area contributed by atoms with Crippen molar-refractivity contribution in [1.82, 2.24) is 9.55 Å². The number of halogens is 6. The SMILES string of the molecule is CC(C)(C)Cc1nc2ccccc2c(=O)n1-c1ccc(C(O)(C(F)(F)F)C(F)(F)F)cc1. The van der Waals surface area contributed by atoms with Crippen LogP contribution >= 0.6 is 0 Å². The van der Waals surface area contributed by atoms with Crippen LogP contribution in [0.25, 0.3) is 16.6 Å². The van der Waals surface area contributed by atoms with Gasteiger partial charge in [-0.3, -0.25) is 9.36 Å². The number of aromatic nitrogens is 2. The van der Waals surface area contributed by atoms with Crippen LogP contribution in [0.1, 0.15) is 32.2 Å². The van der Waals surface area contributed by atoms with E-state index in [0.717, 1.165) is 16.7 Å². The Hall–Kier alpha value is -2.88. The summed E-state index contributed by atoms with van der Waals surface area (Å²) in [6.07, 6.45) is -11.7. The highest BCUT2D eigenvalue weighted by Gasteiger charge is 2.71. The molecule has 0 saturated carbocycles. The lowest BCUT2D eigenvalue weighted by atomic mass is 9.91. The highest BCUT2D eigenvalue weighted by molar-refractivity contribution is 5.77. The number of benzene rings is 2. The Morgan fingerprint density at radius 2 is 1.41 bits per heavy atom. The lowest BCUT2D eigenvalue weighted by Gasteiger charge is -2.32. The highest BCUT2D eigenvalue weighted by atomic mass is 19.4. The van der Waals surface area contributed by atoms with E-state index in [-0.39, 0.29) is 16.5 Å². The van der Waals surface area contributed by atoms with Crippen LogP contribution in [0.15, 0.2) is 53.3 Å². The fourth-order valence-electron chi connectivity index (χ4n) is 3.38. The predicted octanol–water partition coefficient (Wildman–Crippen LogP) is 5.29. The molecular formula is C22H20F6N2O2. The second kappa shape index (κ2) is 7.61. The number of para-hydroxylation sites is 1. The molecule has 1 heterocycles. The quantitative estimate of drug-likeness (QED) is 0.543. The van der Waals surface area contributed by atoms with Crippen LogP contribution in [0.5, 0.6) is 0 Å². The van der Waals surface area contributed by atoms with Gasteiger partial charge < -0.3 is 5.11 Å². The van der Waals surface area contributed by atoms with Crippen molar-refractivity contribution in [2.75, 3.05) is 0 Å². The Bertz CT molecular complexity index is 1170. The summed E-state index contributed by atoms with van der Waals surface area (Å²) >= 11 is 0. The number of hydrogen-bond donors (Lipinski definition) is 1. The summed E-state index contributed by atoms with van der Waals surface area (Å²) in [6.45, 7) is 5.69. The number of nitrogens with zero attached hydrogens (tertiary/aromatic N) is 2. The molecule has 0 spiro atoms. The third kappa shape index (κ3) is 4.11. The lowest BCUT2D eigenvalue weighted by Crippen LogP contribution is -2.53. The van der Waals surface area contributed by atoms with Crippen molar-refractivity contribution in [2.24, 2.45) is 5.41 Å². The summed E-state index contributed by atoms with van der Waals surface area (Å²) < 4.78 is 80.1. The first-order valence-electron chi connectivity index (χ1n) is 9.54. The van der Waals surface area contributed by atoms with Crippen LogP contribution in [0, 0.1) is 5.41 Å². The van der Waals surface area contributed by atoms with Gasteiger partial charge in [0, 0.05) is 12.0 Å². The topological polar surface area (TPSA) is 55.1 Å². The van der Waals surface area contributed by atoms with Crippen LogP contribution in [-0.4, -0.2) is 27.0 Å². The van der Waals surface area contributed by atoms with Gasteiger partial charge in [-0.25, -0.2) is 4.98 Å². The van der Waals surface area contributed by atoms with Crippen molar-refractivity contribution in [3.8, 4) is 5.69 Å². The first-order chi connectivity index (χ1) is 14.6. The van der Waals surface area contributed by atoms with Crippen LogP contribution in [0.2, 0.25) is 0 Å². The molecule has 0 unspecified atom stereocenters. The lowest BCUT2D eigenvalue weighted by molar-refractivity contribution is -0.376. The fourth-order valence-corrected chi connectivity index (χ4v) is 3.38. The van der Waals surface area contributed by atoms with E-state index in [9.17, 15) is 36.2 Å². The number of aliphatic hydroxyl groups is 1. The molecule has 0 aliphatic heterocycles. The minimum Gasteiger partial charge on any atom is -0.369 e. The molecule has 1 aromatic heterocycles. The molecule has 0 fully saturated rings. The van der Waals surface area contributed by atoms with Gasteiger partial charge in [0.1, 0.15) is 5.82 Å². The average molecular weight is 458 g/mol. The number of fused-ring (bicyclic) bond motifs is 1. The second-order valence-electron chi connectivity index (χ2n) is 8.68. The summed E-state index contributed by atoms with van der Waals surface area (Å²) in [5.41, 5.74) is -6.82. The Balaban J connectivity index is 2.23. The van der Waals surface area contributed by atoms with E-state index >= 15 is 0 Å². The van der Waals surface area contributed by atoms with Crippen molar-refractivity contribution in [3.05, 3.63) is 70.3 Å². The average Bonchev–Trinajstić information content (AvgIpc) is 2.65. The number of rotatable bonds is 3. The molecule has 0 radical (unpaired) electrons. The summed E-state index contributed by atoms with van der Waals surface area (Å²) in [7, 11) is 0. The van der Waals surface area contributed by atoms with Crippen molar-refractivity contribution in [3.63, 3.8) is 0 Å². The van der Waals surface area contributed by atoms with Gasteiger partial charge >= 0.3 is 12.4 Å². The van der Waals surface area contributed by atoms with E-state index in [0.29, 0.717) is 29.9 Å². The van der Waals surface area contributed by atoms with Gasteiger partial charge in [-0.15, -0.1) is 0 Å². The Labute approximate surface area is 179 Å². The number of hydrogen-bond acceptors (Lipinski definition) is 3. The monoisotopic (exact) mass is 458 g/mol. The molecule has 0 aliphatic rings. The van der Waals surface area contributed by atoms with Crippen LogP contribution < -0.4 is 5.56 Å². The molecule has 3 rings (SSSR count). The first-order valence-corrected chi connectivity index (χ1v) is 9.54. The third-order valence-corrected chi connectivity index (χ3v) is 4.90. The van der Waals surface area contributed by atoms with Crippen LogP contribution in [0.4, 0.5) is 26.3 Å². The molecule has 32 heavy (non-hydrogen) atoms. The number of alkyl halides is 6. The van der Waals surface area contributed by atoms with E-state index in [1.165, 1.54) is 6.07 Å². The largest absolute Gasteiger partial charge is 0.430 e. The van der Waals surface area contributed by atoms with Crippen molar-refractivity contribution in [1.29, 1.82) is 0 Å². The zero-order valence-electron chi connectivity index (χ0n) is 17.3. The molecule has 172 valence electrons. The van der Waals surface area contributed by atoms with Gasteiger partial charge in [-0.2, -0.15) is 26.3 Å². The maximum absolute atomic E-state index is 13.2. The summed E-state index contributed by atoms with van der Waals surface area (Å²) in [5.74, 6) is 0.302. The first kappa shape index (κ1) is 23.8. The predicted molar refractivity (Wildman–Crippen MR) is 107 cm³/mol. The summed E-state index contributed by atoms with van der Waals surface area (Å²) in [5, 5.41) is 9.84. The molecule has 0 aliphatic carbocycles. The molecule has 0 atom stereocenters. The van der Waals surface area contributed by atoms with Crippen LogP contribution in [-0.2, 0) is 12.0 Å². The second-order valence-corrected chi connectivity index (χ2v) is 8.68. The Kier molecular flexibility index (Phi) is 5.66. The standard InChI is InChI=1S/C22H20F6N2O2/c1-19(2,3)12-17-29-16-7-5-4-6-15(16)18(31)30(17)14-10-8-13(9-11-14)20(32,21(23,24)25)22(26,27)28/h4-11,32H,12H2,1-3H3. The van der Waals surface area contributed by atoms with Gasteiger partial charge in [0.05, 0.1) is 16.6 Å². The fraction of sp³-hybridized carbons (Fsp3) is 0.364. The molecular weight excluding hydrogens is 438 g/mol. The normalized spacial score (nSPS) is 13.6. The third-order valence-electron chi connectivity index (χ3n) is 4.90. The molecule has 2 aromatic carbocycles. The molecule has 0 amide bonds. The van der Waals surface area contributed by atoms with Gasteiger partial charge in [0.2, 0.25) is 0 Å². The Morgan fingerprint density at radius 3 is 1.91 bits per heavy atom. The Morgan fingerprint density at radius 1 is 0.875 bits per heavy atom. The summed E-state index contributed by atoms with van der Waals surface area (Å²) in [6, 6.07) is 9.38. The van der Waals surface area contributed by atoms with Crippen molar-refractivity contribution in [2.45, 2.75) is 45.1 Å². The maximum Gasteiger partial charge on any atom is 0.430 e. The van der Waals surface area contributed by atoms with Gasteiger partial charge in [-0.1, -0.05) is 45.0 Å². The van der Waals surface area contributed by atoms with E-state index in [1.807, 2.05) is 20.8 Å². The van der Waals surface area contributed by atoms with E-state index in [1.54, 1.807) is 18.2 Å².